The number of halogens is 1. The minimum absolute atomic E-state index is 0.0890. The Morgan fingerprint density at radius 1 is 1.04 bits per heavy atom. The second kappa shape index (κ2) is 6.49. The number of benzene rings is 2. The smallest absolute Gasteiger partial charge is 0.161 e. The van der Waals surface area contributed by atoms with Crippen molar-refractivity contribution in [2.45, 2.75) is 0 Å². The third kappa shape index (κ3) is 2.92. The van der Waals surface area contributed by atoms with Gasteiger partial charge in [-0.3, -0.25) is 0 Å². The molecular formula is C18H13BrNO4-. The molecule has 24 heavy (non-hydrogen) atoms. The van der Waals surface area contributed by atoms with E-state index in [1.165, 1.54) is 6.07 Å². The van der Waals surface area contributed by atoms with Gasteiger partial charge in [-0.15, -0.1) is 0 Å². The largest absolute Gasteiger partial charge is 0.545 e. The highest BCUT2D eigenvalue weighted by Crippen LogP contribution is 2.33. The fraction of sp³-hybridized carbons (Fsp3) is 0.111. The molecule has 0 saturated heterocycles. The highest BCUT2D eigenvalue weighted by atomic mass is 79.9. The van der Waals surface area contributed by atoms with Gasteiger partial charge in [0.05, 0.1) is 31.4 Å². The summed E-state index contributed by atoms with van der Waals surface area (Å²) in [6, 6.07) is 12.1. The summed E-state index contributed by atoms with van der Waals surface area (Å²) in [6.07, 6.45) is 0. The number of hydrogen-bond acceptors (Lipinski definition) is 5. The van der Waals surface area contributed by atoms with E-state index in [2.05, 4.69) is 20.9 Å². The highest BCUT2D eigenvalue weighted by Gasteiger charge is 2.11. The van der Waals surface area contributed by atoms with E-state index in [9.17, 15) is 9.90 Å². The lowest BCUT2D eigenvalue weighted by Gasteiger charge is -2.13. The minimum atomic E-state index is -1.25. The lowest BCUT2D eigenvalue weighted by atomic mass is 10.0. The molecule has 0 unspecified atom stereocenters. The van der Waals surface area contributed by atoms with Crippen LogP contribution in [0.3, 0.4) is 0 Å². The van der Waals surface area contributed by atoms with Gasteiger partial charge in [-0.2, -0.15) is 0 Å². The Morgan fingerprint density at radius 2 is 1.79 bits per heavy atom. The molecule has 0 aliphatic heterocycles. The molecule has 0 atom stereocenters. The molecule has 0 N–H and O–H groups in total. The summed E-state index contributed by atoms with van der Waals surface area (Å²) in [4.78, 5) is 16.1. The second-order valence-corrected chi connectivity index (χ2v) is 5.99. The van der Waals surface area contributed by atoms with Crippen LogP contribution in [0.15, 0.2) is 46.9 Å². The van der Waals surface area contributed by atoms with Crippen molar-refractivity contribution in [1.82, 2.24) is 4.98 Å². The number of pyridine rings is 1. The van der Waals surface area contributed by atoms with Gasteiger partial charge < -0.3 is 19.4 Å². The number of carbonyl (C=O) groups is 1. The number of nitrogens with zero attached hydrogens (tertiary/aromatic N) is 1. The zero-order valence-corrected chi connectivity index (χ0v) is 14.6. The van der Waals surface area contributed by atoms with Crippen LogP contribution in [0, 0.1) is 0 Å². The van der Waals surface area contributed by atoms with Crippen LogP contribution in [0.1, 0.15) is 10.4 Å². The molecule has 0 radical (unpaired) electrons. The normalized spacial score (nSPS) is 10.6. The Kier molecular flexibility index (Phi) is 4.40. The Bertz CT molecular complexity index is 940. The number of hydrogen-bond donors (Lipinski definition) is 0. The van der Waals surface area contributed by atoms with Gasteiger partial charge >= 0.3 is 0 Å². The van der Waals surface area contributed by atoms with E-state index in [4.69, 9.17) is 9.47 Å². The highest BCUT2D eigenvalue weighted by molar-refractivity contribution is 9.10. The first-order chi connectivity index (χ1) is 11.5. The number of carboxylic acids is 1. The average molecular weight is 387 g/mol. The number of rotatable bonds is 4. The van der Waals surface area contributed by atoms with Crippen molar-refractivity contribution in [3.8, 4) is 22.8 Å². The standard InChI is InChI=1S/C18H14BrNO4/c1-23-16-6-3-10(7-17(16)24-2)15-9-13(18(21)22)12-8-11(19)4-5-14(12)20-15/h3-9H,1-2H3,(H,21,22)/p-1. The van der Waals surface area contributed by atoms with E-state index in [-0.39, 0.29) is 5.56 Å². The number of aromatic carboxylic acids is 1. The first-order valence-corrected chi connectivity index (χ1v) is 7.87. The molecule has 2 aromatic carbocycles. The van der Waals surface area contributed by atoms with E-state index in [1.807, 2.05) is 6.07 Å². The molecule has 5 nitrogen and oxygen atoms in total. The van der Waals surface area contributed by atoms with Gasteiger partial charge in [-0.1, -0.05) is 15.9 Å². The number of fused-ring (bicyclic) bond motifs is 1. The van der Waals surface area contributed by atoms with Gasteiger partial charge in [0.1, 0.15) is 0 Å². The molecule has 0 aliphatic carbocycles. The van der Waals surface area contributed by atoms with Gasteiger partial charge in [0.2, 0.25) is 0 Å². The zero-order valence-electron chi connectivity index (χ0n) is 13.0. The van der Waals surface area contributed by atoms with Gasteiger partial charge in [-0.25, -0.2) is 4.98 Å². The number of methoxy groups -OCH3 is 2. The lowest BCUT2D eigenvalue weighted by molar-refractivity contribution is -0.254. The third-order valence-corrected chi connectivity index (χ3v) is 4.16. The SMILES string of the molecule is COc1ccc(-c2cc(C(=O)[O-])c3cc(Br)ccc3n2)cc1OC. The van der Waals surface area contributed by atoms with Crippen LogP contribution in [-0.2, 0) is 0 Å². The van der Waals surface area contributed by atoms with Crippen molar-refractivity contribution in [2.24, 2.45) is 0 Å². The fourth-order valence-corrected chi connectivity index (χ4v) is 2.87. The van der Waals surface area contributed by atoms with Crippen molar-refractivity contribution < 1.29 is 19.4 Å². The van der Waals surface area contributed by atoms with Gasteiger partial charge in [0, 0.05) is 21.0 Å². The molecule has 1 heterocycles. The molecule has 0 aliphatic rings. The molecule has 0 bridgehead atoms. The maximum atomic E-state index is 11.5. The fourth-order valence-electron chi connectivity index (χ4n) is 2.51. The molecule has 6 heteroatoms. The predicted octanol–water partition coefficient (Wildman–Crippen LogP) is 3.05. The molecule has 0 amide bonds. The van der Waals surface area contributed by atoms with Crippen LogP contribution in [0.25, 0.3) is 22.2 Å². The average Bonchev–Trinajstić information content (AvgIpc) is 2.60. The number of carboxylic acid groups (broad SMARTS) is 1. The summed E-state index contributed by atoms with van der Waals surface area (Å²) in [5, 5.41) is 12.1. The molecule has 0 fully saturated rings. The monoisotopic (exact) mass is 386 g/mol. The van der Waals surface area contributed by atoms with E-state index >= 15 is 0 Å². The van der Waals surface area contributed by atoms with Crippen molar-refractivity contribution in [3.05, 3.63) is 52.5 Å². The minimum Gasteiger partial charge on any atom is -0.545 e. The molecule has 0 spiro atoms. The Labute approximate surface area is 147 Å². The lowest BCUT2D eigenvalue weighted by Crippen LogP contribution is -2.22. The summed E-state index contributed by atoms with van der Waals surface area (Å²) in [7, 11) is 3.09. The Morgan fingerprint density at radius 3 is 2.46 bits per heavy atom. The van der Waals surface area contributed by atoms with E-state index in [0.717, 1.165) is 10.0 Å². The van der Waals surface area contributed by atoms with Gasteiger partial charge in [0.25, 0.3) is 0 Å². The Balaban J connectivity index is 2.23. The predicted molar refractivity (Wildman–Crippen MR) is 92.3 cm³/mol. The summed E-state index contributed by atoms with van der Waals surface area (Å²) in [5.74, 6) is -0.115. The summed E-state index contributed by atoms with van der Waals surface area (Å²) in [6.45, 7) is 0. The van der Waals surface area contributed by atoms with Crippen molar-refractivity contribution in [3.63, 3.8) is 0 Å². The molecule has 0 saturated carbocycles. The maximum Gasteiger partial charge on any atom is 0.161 e. The molecule has 122 valence electrons. The van der Waals surface area contributed by atoms with Crippen LogP contribution >= 0.6 is 15.9 Å². The van der Waals surface area contributed by atoms with E-state index in [1.54, 1.807) is 44.6 Å². The van der Waals surface area contributed by atoms with Gasteiger partial charge in [-0.05, 0) is 42.5 Å². The van der Waals surface area contributed by atoms with Gasteiger partial charge in [0.15, 0.2) is 11.5 Å². The first kappa shape index (κ1) is 16.3. The van der Waals surface area contributed by atoms with E-state index in [0.29, 0.717) is 28.1 Å². The second-order valence-electron chi connectivity index (χ2n) is 5.07. The molecule has 1 aromatic heterocycles. The summed E-state index contributed by atoms with van der Waals surface area (Å²) in [5.41, 5.74) is 1.90. The van der Waals surface area contributed by atoms with Crippen LogP contribution in [0.2, 0.25) is 0 Å². The number of aromatic nitrogens is 1. The summed E-state index contributed by atoms with van der Waals surface area (Å²) < 4.78 is 11.3. The molecular weight excluding hydrogens is 374 g/mol. The summed E-state index contributed by atoms with van der Waals surface area (Å²) >= 11 is 3.34. The van der Waals surface area contributed by atoms with Crippen LogP contribution in [0.5, 0.6) is 11.5 Å². The first-order valence-electron chi connectivity index (χ1n) is 7.07. The van der Waals surface area contributed by atoms with E-state index < -0.39 is 5.97 Å². The zero-order chi connectivity index (χ0) is 17.3. The molecule has 3 aromatic rings. The third-order valence-electron chi connectivity index (χ3n) is 3.67. The van der Waals surface area contributed by atoms with Crippen LogP contribution in [0.4, 0.5) is 0 Å². The van der Waals surface area contributed by atoms with Crippen molar-refractivity contribution >= 4 is 32.8 Å². The van der Waals surface area contributed by atoms with Crippen molar-refractivity contribution in [2.75, 3.05) is 14.2 Å². The van der Waals surface area contributed by atoms with Crippen LogP contribution < -0.4 is 14.6 Å². The Hall–Kier alpha value is -2.60. The van der Waals surface area contributed by atoms with Crippen molar-refractivity contribution in [1.29, 1.82) is 0 Å². The number of carbonyl (C=O) groups excluding carboxylic acids is 1. The maximum absolute atomic E-state index is 11.5. The molecule has 3 rings (SSSR count). The topological polar surface area (TPSA) is 71.5 Å². The quantitative estimate of drug-likeness (QED) is 0.688. The van der Waals surface area contributed by atoms with Crippen LogP contribution in [-0.4, -0.2) is 25.2 Å². The number of ether oxygens (including phenoxy) is 2.